The van der Waals surface area contributed by atoms with Gasteiger partial charge < -0.3 is 19.7 Å². The summed E-state index contributed by atoms with van der Waals surface area (Å²) in [5.41, 5.74) is -0.414. The third kappa shape index (κ3) is 4.74. The van der Waals surface area contributed by atoms with Gasteiger partial charge in [-0.3, -0.25) is 9.52 Å². The first-order chi connectivity index (χ1) is 16.2. The van der Waals surface area contributed by atoms with Crippen molar-refractivity contribution in [1.29, 1.82) is 0 Å². The number of halogens is 2. The van der Waals surface area contributed by atoms with Crippen LogP contribution in [0.5, 0.6) is 11.5 Å². The van der Waals surface area contributed by atoms with Gasteiger partial charge in [-0.15, -0.1) is 0 Å². The highest BCUT2D eigenvalue weighted by molar-refractivity contribution is 7.92. The zero-order chi connectivity index (χ0) is 24.5. The lowest BCUT2D eigenvalue weighted by molar-refractivity contribution is 0.102. The van der Waals surface area contributed by atoms with Gasteiger partial charge in [0.25, 0.3) is 15.9 Å². The number of nitrogens with zero attached hydrogens (tertiary/aromatic N) is 1. The van der Waals surface area contributed by atoms with Crippen LogP contribution in [0, 0.1) is 11.6 Å². The maximum Gasteiger partial charge on any atom is 0.262 e. The van der Waals surface area contributed by atoms with E-state index in [2.05, 4.69) is 10.0 Å². The molecule has 0 saturated heterocycles. The molecule has 0 spiro atoms. The summed E-state index contributed by atoms with van der Waals surface area (Å²) in [5, 5.41) is 2.40. The molecule has 1 aliphatic rings. The zero-order valence-corrected chi connectivity index (χ0v) is 19.1. The molecule has 4 rings (SSSR count). The lowest BCUT2D eigenvalue weighted by Crippen LogP contribution is -2.20. The van der Waals surface area contributed by atoms with Crippen molar-refractivity contribution in [2.45, 2.75) is 4.90 Å². The summed E-state index contributed by atoms with van der Waals surface area (Å²) in [4.78, 5) is 14.0. The van der Waals surface area contributed by atoms with Crippen LogP contribution in [0.25, 0.3) is 0 Å². The fourth-order valence-electron chi connectivity index (χ4n) is 3.43. The number of rotatable bonds is 6. The smallest absolute Gasteiger partial charge is 0.262 e. The molecule has 178 valence electrons. The Morgan fingerprint density at radius 1 is 0.941 bits per heavy atom. The zero-order valence-electron chi connectivity index (χ0n) is 18.3. The van der Waals surface area contributed by atoms with E-state index in [0.717, 1.165) is 12.1 Å². The monoisotopic (exact) mass is 489 g/mol. The second-order valence-electron chi connectivity index (χ2n) is 7.59. The molecule has 0 radical (unpaired) electrons. The van der Waals surface area contributed by atoms with Gasteiger partial charge in [-0.05, 0) is 36.4 Å². The van der Waals surface area contributed by atoms with E-state index in [1.54, 1.807) is 6.07 Å². The molecule has 0 saturated carbocycles. The van der Waals surface area contributed by atoms with Crippen LogP contribution in [0.2, 0.25) is 0 Å². The van der Waals surface area contributed by atoms with E-state index in [1.807, 2.05) is 0 Å². The molecule has 3 aromatic carbocycles. The van der Waals surface area contributed by atoms with Crippen LogP contribution in [0.1, 0.15) is 10.4 Å². The average Bonchev–Trinajstić information content (AvgIpc) is 2.78. The number of anilines is 3. The minimum atomic E-state index is -4.10. The van der Waals surface area contributed by atoms with Crippen molar-refractivity contribution in [2.75, 3.05) is 42.2 Å². The van der Waals surface area contributed by atoms with Gasteiger partial charge in [0, 0.05) is 25.8 Å². The standard InChI is InChI=1S/C23H21F2N3O5S/c1-28(2)22-17(24)11-14(12-18(22)25)26-23(29)16-5-3-4-6-19(16)27-34(30,31)15-7-8-20-21(13-15)33-10-9-32-20/h3-8,11-13,27H,9-10H2,1-2H3,(H,26,29). The van der Waals surface area contributed by atoms with E-state index >= 15 is 0 Å². The van der Waals surface area contributed by atoms with Crippen LogP contribution in [0.4, 0.5) is 25.8 Å². The van der Waals surface area contributed by atoms with Gasteiger partial charge in [0.05, 0.1) is 16.1 Å². The Hall–Kier alpha value is -3.86. The molecular weight excluding hydrogens is 468 g/mol. The highest BCUT2D eigenvalue weighted by Gasteiger charge is 2.22. The molecule has 0 aliphatic carbocycles. The van der Waals surface area contributed by atoms with E-state index in [9.17, 15) is 22.0 Å². The number of ether oxygens (including phenoxy) is 2. The molecule has 0 fully saturated rings. The van der Waals surface area contributed by atoms with Crippen LogP contribution in [0.3, 0.4) is 0 Å². The van der Waals surface area contributed by atoms with E-state index in [4.69, 9.17) is 9.47 Å². The van der Waals surface area contributed by atoms with Crippen molar-refractivity contribution >= 4 is 33.0 Å². The second kappa shape index (κ2) is 9.18. The summed E-state index contributed by atoms with van der Waals surface area (Å²) in [6, 6.07) is 12.0. The largest absolute Gasteiger partial charge is 0.486 e. The van der Waals surface area contributed by atoms with Gasteiger partial charge in [-0.25, -0.2) is 17.2 Å². The Kier molecular flexibility index (Phi) is 6.29. The first kappa shape index (κ1) is 23.3. The van der Waals surface area contributed by atoms with Crippen molar-refractivity contribution in [3.05, 3.63) is 71.8 Å². The molecule has 3 aromatic rings. The molecule has 8 nitrogen and oxygen atoms in total. The summed E-state index contributed by atoms with van der Waals surface area (Å²) < 4.78 is 67.7. The average molecular weight is 490 g/mol. The highest BCUT2D eigenvalue weighted by atomic mass is 32.2. The number of hydrogen-bond donors (Lipinski definition) is 2. The molecule has 2 N–H and O–H groups in total. The van der Waals surface area contributed by atoms with Crippen molar-refractivity contribution in [1.82, 2.24) is 0 Å². The first-order valence-electron chi connectivity index (χ1n) is 10.1. The number of carbonyl (C=O) groups is 1. The minimum Gasteiger partial charge on any atom is -0.486 e. The van der Waals surface area contributed by atoms with Crippen LogP contribution < -0.4 is 24.4 Å². The summed E-state index contributed by atoms with van der Waals surface area (Å²) in [5.74, 6) is -1.73. The lowest BCUT2D eigenvalue weighted by atomic mass is 10.1. The molecule has 11 heteroatoms. The van der Waals surface area contributed by atoms with Gasteiger partial charge in [-0.1, -0.05) is 12.1 Å². The van der Waals surface area contributed by atoms with Crippen molar-refractivity contribution in [2.24, 2.45) is 0 Å². The predicted octanol–water partition coefficient (Wildman–Crippen LogP) is 3.86. The number of hydrogen-bond acceptors (Lipinski definition) is 6. The lowest BCUT2D eigenvalue weighted by Gasteiger charge is -2.19. The number of amides is 1. The Morgan fingerprint density at radius 2 is 1.59 bits per heavy atom. The van der Waals surface area contributed by atoms with Gasteiger partial charge in [0.1, 0.15) is 18.9 Å². The van der Waals surface area contributed by atoms with E-state index in [-0.39, 0.29) is 27.5 Å². The number of sulfonamides is 1. The van der Waals surface area contributed by atoms with Gasteiger partial charge in [0.15, 0.2) is 23.1 Å². The number of nitrogens with one attached hydrogen (secondary N) is 2. The molecule has 1 aliphatic heterocycles. The third-order valence-electron chi connectivity index (χ3n) is 4.96. The Bertz CT molecular complexity index is 1340. The number of fused-ring (bicyclic) bond motifs is 1. The second-order valence-corrected chi connectivity index (χ2v) is 9.28. The van der Waals surface area contributed by atoms with E-state index in [1.165, 1.54) is 55.4 Å². The first-order valence-corrected chi connectivity index (χ1v) is 11.6. The Morgan fingerprint density at radius 3 is 2.26 bits per heavy atom. The molecule has 0 bridgehead atoms. The van der Waals surface area contributed by atoms with Crippen LogP contribution in [-0.4, -0.2) is 41.6 Å². The quantitative estimate of drug-likeness (QED) is 0.546. The van der Waals surface area contributed by atoms with E-state index in [0.29, 0.717) is 24.7 Å². The van der Waals surface area contributed by atoms with Crippen molar-refractivity contribution in [3.63, 3.8) is 0 Å². The van der Waals surface area contributed by atoms with E-state index < -0.39 is 27.6 Å². The molecular formula is C23H21F2N3O5S. The van der Waals surface area contributed by atoms with Crippen LogP contribution >= 0.6 is 0 Å². The normalized spacial score (nSPS) is 12.7. The number of para-hydroxylation sites is 1. The topological polar surface area (TPSA) is 97.0 Å². The van der Waals surface area contributed by atoms with Gasteiger partial charge in [-0.2, -0.15) is 0 Å². The van der Waals surface area contributed by atoms with Gasteiger partial charge >= 0.3 is 0 Å². The summed E-state index contributed by atoms with van der Waals surface area (Å²) in [6.07, 6.45) is 0. The number of carbonyl (C=O) groups excluding carboxylic acids is 1. The Balaban J connectivity index is 1.59. The predicted molar refractivity (Wildman–Crippen MR) is 123 cm³/mol. The fourth-order valence-corrected chi connectivity index (χ4v) is 4.52. The molecule has 34 heavy (non-hydrogen) atoms. The summed E-state index contributed by atoms with van der Waals surface area (Å²) in [6.45, 7) is 0.662. The van der Waals surface area contributed by atoms with Gasteiger partial charge in [0.2, 0.25) is 0 Å². The molecule has 1 heterocycles. The van der Waals surface area contributed by atoms with Crippen molar-refractivity contribution < 1.29 is 31.5 Å². The molecule has 0 unspecified atom stereocenters. The number of benzene rings is 3. The molecule has 0 atom stereocenters. The van der Waals surface area contributed by atoms with Crippen molar-refractivity contribution in [3.8, 4) is 11.5 Å². The maximum absolute atomic E-state index is 14.3. The minimum absolute atomic E-state index is 0.0132. The summed E-state index contributed by atoms with van der Waals surface area (Å²) >= 11 is 0. The molecule has 0 aromatic heterocycles. The Labute approximate surface area is 195 Å². The SMILES string of the molecule is CN(C)c1c(F)cc(NC(=O)c2ccccc2NS(=O)(=O)c2ccc3c(c2)OCCO3)cc1F. The maximum atomic E-state index is 14.3. The summed E-state index contributed by atoms with van der Waals surface area (Å²) in [7, 11) is -1.12. The fraction of sp³-hybridized carbons (Fsp3) is 0.174. The van der Waals surface area contributed by atoms with Crippen LogP contribution in [0.15, 0.2) is 59.5 Å². The molecule has 1 amide bonds. The highest BCUT2D eigenvalue weighted by Crippen LogP contribution is 2.33. The van der Waals surface area contributed by atoms with Crippen LogP contribution in [-0.2, 0) is 10.0 Å². The third-order valence-corrected chi connectivity index (χ3v) is 6.33.